The number of hydrogen-bond donors (Lipinski definition) is 0. The summed E-state index contributed by atoms with van der Waals surface area (Å²) < 4.78 is 0. The van der Waals surface area contributed by atoms with Crippen LogP contribution < -0.4 is 0 Å². The molecule has 25 heavy (non-hydrogen) atoms. The first kappa shape index (κ1) is 16.9. The number of para-hydroxylation sites is 1. The normalized spacial score (nSPS) is 17.1. The van der Waals surface area contributed by atoms with Crippen molar-refractivity contribution in [1.29, 1.82) is 0 Å². The zero-order valence-electron chi connectivity index (χ0n) is 13.9. The van der Waals surface area contributed by atoms with Crippen LogP contribution in [0.1, 0.15) is 24.0 Å². The van der Waals surface area contributed by atoms with Crippen molar-refractivity contribution in [3.8, 4) is 0 Å². The molecular formula is C20H20N2O3. The van der Waals surface area contributed by atoms with Crippen LogP contribution >= 0.6 is 0 Å². The van der Waals surface area contributed by atoms with Crippen molar-refractivity contribution in [2.75, 3.05) is 6.54 Å². The van der Waals surface area contributed by atoms with E-state index in [4.69, 9.17) is 0 Å². The van der Waals surface area contributed by atoms with E-state index < -0.39 is 4.92 Å². The molecule has 0 bridgehead atoms. The van der Waals surface area contributed by atoms with Gasteiger partial charge < -0.3 is 4.90 Å². The predicted molar refractivity (Wildman–Crippen MR) is 97.0 cm³/mol. The molecule has 0 radical (unpaired) electrons. The summed E-state index contributed by atoms with van der Waals surface area (Å²) in [5.41, 5.74) is 1.67. The molecule has 0 aliphatic carbocycles. The Bertz CT molecular complexity index is 787. The number of nitro benzene ring substituents is 1. The highest BCUT2D eigenvalue weighted by atomic mass is 16.6. The molecular weight excluding hydrogens is 316 g/mol. The van der Waals surface area contributed by atoms with Crippen LogP contribution in [0.15, 0.2) is 60.7 Å². The molecule has 2 aromatic rings. The third-order valence-corrected chi connectivity index (χ3v) is 4.51. The van der Waals surface area contributed by atoms with Crippen LogP contribution in [-0.4, -0.2) is 28.3 Å². The highest BCUT2D eigenvalue weighted by Crippen LogP contribution is 2.23. The summed E-state index contributed by atoms with van der Waals surface area (Å²) in [7, 11) is 0. The van der Waals surface area contributed by atoms with E-state index in [1.54, 1.807) is 24.3 Å². The molecule has 3 rings (SSSR count). The van der Waals surface area contributed by atoms with Gasteiger partial charge >= 0.3 is 0 Å². The number of nitrogens with zero attached hydrogens (tertiary/aromatic N) is 2. The smallest absolute Gasteiger partial charge is 0.276 e. The monoisotopic (exact) mass is 336 g/mol. The Morgan fingerprint density at radius 2 is 1.88 bits per heavy atom. The lowest BCUT2D eigenvalue weighted by Gasteiger charge is -2.23. The number of likely N-dealkylation sites (tertiary alicyclic amines) is 1. The summed E-state index contributed by atoms with van der Waals surface area (Å²) in [6, 6.07) is 16.8. The second kappa shape index (κ2) is 7.75. The van der Waals surface area contributed by atoms with E-state index in [0.717, 1.165) is 25.8 Å². The Labute approximate surface area is 146 Å². The molecule has 1 saturated heterocycles. The van der Waals surface area contributed by atoms with Crippen molar-refractivity contribution in [3.05, 3.63) is 81.9 Å². The third-order valence-electron chi connectivity index (χ3n) is 4.51. The largest absolute Gasteiger partial charge is 0.336 e. The number of nitro groups is 1. The molecule has 1 unspecified atom stereocenters. The molecule has 1 fully saturated rings. The maximum atomic E-state index is 12.6. The molecule has 1 heterocycles. The molecule has 5 heteroatoms. The zero-order valence-corrected chi connectivity index (χ0v) is 13.9. The first-order chi connectivity index (χ1) is 12.1. The van der Waals surface area contributed by atoms with E-state index in [2.05, 4.69) is 12.1 Å². The fourth-order valence-electron chi connectivity index (χ4n) is 3.28. The van der Waals surface area contributed by atoms with Gasteiger partial charge in [-0.2, -0.15) is 0 Å². The van der Waals surface area contributed by atoms with Gasteiger partial charge in [0.25, 0.3) is 5.69 Å². The second-order valence-electron chi connectivity index (χ2n) is 6.17. The quantitative estimate of drug-likeness (QED) is 0.473. The molecule has 2 aromatic carbocycles. The van der Waals surface area contributed by atoms with Gasteiger partial charge in [-0.05, 0) is 37.0 Å². The fraction of sp³-hybridized carbons (Fsp3) is 0.250. The first-order valence-electron chi connectivity index (χ1n) is 8.41. The lowest BCUT2D eigenvalue weighted by atomic mass is 10.0. The van der Waals surface area contributed by atoms with Crippen molar-refractivity contribution in [1.82, 2.24) is 4.90 Å². The molecule has 0 aromatic heterocycles. The predicted octanol–water partition coefficient (Wildman–Crippen LogP) is 3.84. The lowest BCUT2D eigenvalue weighted by molar-refractivity contribution is -0.385. The van der Waals surface area contributed by atoms with Crippen LogP contribution in [-0.2, 0) is 11.2 Å². The third kappa shape index (κ3) is 4.12. The number of hydrogen-bond acceptors (Lipinski definition) is 3. The van der Waals surface area contributed by atoms with Crippen molar-refractivity contribution < 1.29 is 9.72 Å². The van der Waals surface area contributed by atoms with Crippen LogP contribution in [0.5, 0.6) is 0 Å². The van der Waals surface area contributed by atoms with Gasteiger partial charge in [-0.25, -0.2) is 0 Å². The van der Waals surface area contributed by atoms with Gasteiger partial charge in [-0.3, -0.25) is 14.9 Å². The average molecular weight is 336 g/mol. The average Bonchev–Trinajstić information content (AvgIpc) is 3.09. The number of carbonyl (C=O) groups excluding carboxylic acids is 1. The molecule has 128 valence electrons. The number of amides is 1. The topological polar surface area (TPSA) is 63.4 Å². The summed E-state index contributed by atoms with van der Waals surface area (Å²) in [6.07, 6.45) is 5.80. The zero-order chi connectivity index (χ0) is 17.6. The molecule has 5 nitrogen and oxygen atoms in total. The Morgan fingerprint density at radius 1 is 1.16 bits per heavy atom. The van der Waals surface area contributed by atoms with Crippen LogP contribution in [0.25, 0.3) is 6.08 Å². The minimum Gasteiger partial charge on any atom is -0.336 e. The van der Waals surface area contributed by atoms with Gasteiger partial charge in [0.15, 0.2) is 0 Å². The van der Waals surface area contributed by atoms with Gasteiger partial charge in [0.1, 0.15) is 0 Å². The molecule has 1 aliphatic heterocycles. The molecule has 0 spiro atoms. The van der Waals surface area contributed by atoms with Gasteiger partial charge in [-0.1, -0.05) is 42.5 Å². The molecule has 1 atom stereocenters. The lowest BCUT2D eigenvalue weighted by Crippen LogP contribution is -2.35. The minimum atomic E-state index is -0.432. The van der Waals surface area contributed by atoms with Gasteiger partial charge in [0.05, 0.1) is 10.5 Å². The van der Waals surface area contributed by atoms with Crippen molar-refractivity contribution in [3.63, 3.8) is 0 Å². The summed E-state index contributed by atoms with van der Waals surface area (Å²) in [5, 5.41) is 11.1. The number of benzene rings is 2. The Balaban J connectivity index is 1.71. The Morgan fingerprint density at radius 3 is 2.64 bits per heavy atom. The van der Waals surface area contributed by atoms with E-state index in [1.165, 1.54) is 17.7 Å². The molecule has 0 N–H and O–H groups in total. The summed E-state index contributed by atoms with van der Waals surface area (Å²) in [6.45, 7) is 0.734. The molecule has 0 saturated carbocycles. The van der Waals surface area contributed by atoms with Gasteiger partial charge in [0, 0.05) is 24.7 Å². The number of carbonyl (C=O) groups is 1. The van der Waals surface area contributed by atoms with Crippen molar-refractivity contribution in [2.45, 2.75) is 25.3 Å². The van der Waals surface area contributed by atoms with Crippen LogP contribution in [0, 0.1) is 10.1 Å². The van der Waals surface area contributed by atoms with E-state index in [0.29, 0.717) is 5.56 Å². The van der Waals surface area contributed by atoms with E-state index >= 15 is 0 Å². The molecule has 1 amide bonds. The van der Waals surface area contributed by atoms with Gasteiger partial charge in [0.2, 0.25) is 5.91 Å². The van der Waals surface area contributed by atoms with Crippen molar-refractivity contribution >= 4 is 17.7 Å². The summed E-state index contributed by atoms with van der Waals surface area (Å²) in [5.74, 6) is -0.0865. The fourth-order valence-corrected chi connectivity index (χ4v) is 3.28. The molecule has 1 aliphatic rings. The summed E-state index contributed by atoms with van der Waals surface area (Å²) >= 11 is 0. The second-order valence-corrected chi connectivity index (χ2v) is 6.17. The van der Waals surface area contributed by atoms with Crippen LogP contribution in [0.4, 0.5) is 5.69 Å². The Hall–Kier alpha value is -2.95. The van der Waals surface area contributed by atoms with Crippen LogP contribution in [0.2, 0.25) is 0 Å². The maximum absolute atomic E-state index is 12.6. The summed E-state index contributed by atoms with van der Waals surface area (Å²) in [4.78, 5) is 25.1. The Kier molecular flexibility index (Phi) is 5.23. The van der Waals surface area contributed by atoms with E-state index in [-0.39, 0.29) is 17.6 Å². The standard InChI is InChI=1S/C20H20N2O3/c23-20(13-12-17-9-4-5-11-19(17)22(24)25)21-14-6-10-18(21)15-16-7-2-1-3-8-16/h1-5,7-9,11-13,18H,6,10,14-15H2/b13-12+. The maximum Gasteiger partial charge on any atom is 0.276 e. The van der Waals surface area contributed by atoms with Gasteiger partial charge in [-0.15, -0.1) is 0 Å². The van der Waals surface area contributed by atoms with E-state index in [1.807, 2.05) is 23.1 Å². The van der Waals surface area contributed by atoms with E-state index in [9.17, 15) is 14.9 Å². The van der Waals surface area contributed by atoms with Crippen LogP contribution in [0.3, 0.4) is 0 Å². The SMILES string of the molecule is O=C(/C=C/c1ccccc1[N+](=O)[O-])N1CCCC1Cc1ccccc1. The number of rotatable bonds is 5. The first-order valence-corrected chi connectivity index (χ1v) is 8.41. The highest BCUT2D eigenvalue weighted by Gasteiger charge is 2.27. The highest BCUT2D eigenvalue weighted by molar-refractivity contribution is 5.92. The minimum absolute atomic E-state index is 0.00816. The van der Waals surface area contributed by atoms with Crippen molar-refractivity contribution in [2.24, 2.45) is 0 Å².